The number of anilines is 1. The lowest BCUT2D eigenvalue weighted by Crippen LogP contribution is -2.46. The van der Waals surface area contributed by atoms with E-state index in [2.05, 4.69) is 10.3 Å². The Morgan fingerprint density at radius 3 is 2.87 bits per heavy atom. The minimum absolute atomic E-state index is 0.0573. The summed E-state index contributed by atoms with van der Waals surface area (Å²) in [5.74, 6) is -1.87. The first-order valence-electron chi connectivity index (χ1n) is 7.42. The molecule has 1 aliphatic carbocycles. The summed E-state index contributed by atoms with van der Waals surface area (Å²) in [6, 6.07) is 2.05. The van der Waals surface area contributed by atoms with Crippen LogP contribution in [-0.2, 0) is 4.79 Å². The molecule has 1 fully saturated rings. The monoisotopic (exact) mass is 320 g/mol. The molecule has 2 aromatic rings. The van der Waals surface area contributed by atoms with Gasteiger partial charge in [0.2, 0.25) is 5.91 Å². The molecule has 8 heteroatoms. The minimum atomic E-state index is -0.786. The Morgan fingerprint density at radius 1 is 1.30 bits per heavy atom. The normalized spacial score (nSPS) is 23.0. The van der Waals surface area contributed by atoms with E-state index in [1.54, 1.807) is 17.1 Å². The van der Waals surface area contributed by atoms with Crippen LogP contribution in [0.5, 0.6) is 5.75 Å². The zero-order valence-electron chi connectivity index (χ0n) is 12.2. The van der Waals surface area contributed by atoms with Crippen molar-refractivity contribution in [3.63, 3.8) is 0 Å². The van der Waals surface area contributed by atoms with Crippen LogP contribution in [0.4, 0.5) is 14.5 Å². The Kier molecular flexibility index (Phi) is 3.24. The molecule has 23 heavy (non-hydrogen) atoms. The van der Waals surface area contributed by atoms with E-state index in [1.165, 1.54) is 4.90 Å². The van der Waals surface area contributed by atoms with Gasteiger partial charge in [-0.1, -0.05) is 5.21 Å². The first-order valence-corrected chi connectivity index (χ1v) is 7.42. The Balaban J connectivity index is 1.53. The molecule has 1 aromatic heterocycles. The van der Waals surface area contributed by atoms with E-state index in [4.69, 9.17) is 4.74 Å². The molecule has 0 N–H and O–H groups in total. The van der Waals surface area contributed by atoms with Crippen LogP contribution in [0.25, 0.3) is 0 Å². The lowest BCUT2D eigenvalue weighted by molar-refractivity contribution is -0.126. The van der Waals surface area contributed by atoms with E-state index in [0.29, 0.717) is 19.4 Å². The molecule has 2 heterocycles. The highest BCUT2D eigenvalue weighted by atomic mass is 19.1. The number of amides is 1. The topological polar surface area (TPSA) is 60.2 Å². The van der Waals surface area contributed by atoms with Crippen LogP contribution in [0.1, 0.15) is 18.9 Å². The molecule has 1 aliphatic heterocycles. The Hall–Kier alpha value is -2.51. The van der Waals surface area contributed by atoms with E-state index >= 15 is 0 Å². The first-order chi connectivity index (χ1) is 11.1. The van der Waals surface area contributed by atoms with Gasteiger partial charge in [0, 0.05) is 24.2 Å². The number of aromatic nitrogens is 3. The minimum Gasteiger partial charge on any atom is -0.486 e. The van der Waals surface area contributed by atoms with Crippen molar-refractivity contribution in [1.29, 1.82) is 0 Å². The van der Waals surface area contributed by atoms with Crippen LogP contribution in [0.3, 0.4) is 0 Å². The lowest BCUT2D eigenvalue weighted by Gasteiger charge is -2.39. The predicted octanol–water partition coefficient (Wildman–Crippen LogP) is 1.93. The van der Waals surface area contributed by atoms with Gasteiger partial charge in [0.1, 0.15) is 12.4 Å². The molecule has 1 saturated carbocycles. The molecule has 1 aromatic carbocycles. The van der Waals surface area contributed by atoms with Crippen molar-refractivity contribution in [2.75, 3.05) is 18.1 Å². The Labute approximate surface area is 130 Å². The van der Waals surface area contributed by atoms with Crippen LogP contribution in [0, 0.1) is 17.6 Å². The number of benzene rings is 1. The molecular weight excluding hydrogens is 306 g/mol. The molecular formula is C15H14F2N4O2. The Bertz CT molecular complexity index is 744. The quantitative estimate of drug-likeness (QED) is 0.848. The maximum absolute atomic E-state index is 13.8. The van der Waals surface area contributed by atoms with Crippen LogP contribution >= 0.6 is 0 Å². The molecule has 1 amide bonds. The number of nitrogens with zero attached hydrogens (tertiary/aromatic N) is 4. The molecule has 2 aliphatic rings. The van der Waals surface area contributed by atoms with Crippen LogP contribution in [0.2, 0.25) is 0 Å². The average Bonchev–Trinajstić information content (AvgIpc) is 2.99. The van der Waals surface area contributed by atoms with Gasteiger partial charge in [-0.3, -0.25) is 4.79 Å². The summed E-state index contributed by atoms with van der Waals surface area (Å²) in [6.07, 6.45) is 4.65. The summed E-state index contributed by atoms with van der Waals surface area (Å²) < 4.78 is 34.3. The van der Waals surface area contributed by atoms with Gasteiger partial charge in [-0.25, -0.2) is 13.5 Å². The highest BCUT2D eigenvalue weighted by Crippen LogP contribution is 2.41. The van der Waals surface area contributed by atoms with Gasteiger partial charge in [0.15, 0.2) is 11.6 Å². The smallest absolute Gasteiger partial charge is 0.230 e. The zero-order valence-corrected chi connectivity index (χ0v) is 12.2. The van der Waals surface area contributed by atoms with Gasteiger partial charge >= 0.3 is 0 Å². The fourth-order valence-electron chi connectivity index (χ4n) is 3.12. The number of rotatable bonds is 2. The van der Waals surface area contributed by atoms with E-state index in [-0.39, 0.29) is 35.9 Å². The third-order valence-corrected chi connectivity index (χ3v) is 4.38. The molecule has 0 radical (unpaired) electrons. The standard InChI is InChI=1S/C15H14F2N4O2/c16-10-7-12(17)14-13(8-10)20(3-4-23-14)15(22)9-5-11(6-9)21-2-1-18-19-21/h1-2,7-9,11H,3-6H2. The van der Waals surface area contributed by atoms with Crippen molar-refractivity contribution in [1.82, 2.24) is 15.0 Å². The van der Waals surface area contributed by atoms with Crippen molar-refractivity contribution in [3.8, 4) is 5.75 Å². The summed E-state index contributed by atoms with van der Waals surface area (Å²) in [4.78, 5) is 14.1. The van der Waals surface area contributed by atoms with Gasteiger partial charge in [-0.2, -0.15) is 0 Å². The number of carbonyl (C=O) groups is 1. The average molecular weight is 320 g/mol. The number of hydrogen-bond acceptors (Lipinski definition) is 4. The van der Waals surface area contributed by atoms with E-state index < -0.39 is 11.6 Å². The first kappa shape index (κ1) is 14.1. The van der Waals surface area contributed by atoms with Crippen LogP contribution in [0.15, 0.2) is 24.5 Å². The summed E-state index contributed by atoms with van der Waals surface area (Å²) >= 11 is 0. The second-order valence-electron chi connectivity index (χ2n) is 5.78. The summed E-state index contributed by atoms with van der Waals surface area (Å²) in [7, 11) is 0. The van der Waals surface area contributed by atoms with Crippen LogP contribution < -0.4 is 9.64 Å². The van der Waals surface area contributed by atoms with E-state index in [9.17, 15) is 13.6 Å². The third-order valence-electron chi connectivity index (χ3n) is 4.38. The maximum atomic E-state index is 13.8. The maximum Gasteiger partial charge on any atom is 0.230 e. The van der Waals surface area contributed by atoms with Crippen molar-refractivity contribution >= 4 is 11.6 Å². The predicted molar refractivity (Wildman–Crippen MR) is 76.0 cm³/mol. The molecule has 0 atom stereocenters. The summed E-state index contributed by atoms with van der Waals surface area (Å²) in [5.41, 5.74) is 0.169. The van der Waals surface area contributed by atoms with Crippen molar-refractivity contribution in [2.45, 2.75) is 18.9 Å². The Morgan fingerprint density at radius 2 is 2.13 bits per heavy atom. The highest BCUT2D eigenvalue weighted by Gasteiger charge is 2.40. The summed E-state index contributed by atoms with van der Waals surface area (Å²) in [6.45, 7) is 0.486. The second-order valence-corrected chi connectivity index (χ2v) is 5.78. The van der Waals surface area contributed by atoms with E-state index in [0.717, 1.165) is 12.1 Å². The number of ether oxygens (including phenoxy) is 1. The fraction of sp³-hybridized carbons (Fsp3) is 0.400. The van der Waals surface area contributed by atoms with Gasteiger partial charge in [0.05, 0.1) is 24.5 Å². The molecule has 0 spiro atoms. The van der Waals surface area contributed by atoms with Gasteiger partial charge in [-0.15, -0.1) is 5.10 Å². The third kappa shape index (κ3) is 2.34. The number of carbonyl (C=O) groups excluding carboxylic acids is 1. The van der Waals surface area contributed by atoms with Gasteiger partial charge in [-0.05, 0) is 12.8 Å². The van der Waals surface area contributed by atoms with Gasteiger partial charge < -0.3 is 9.64 Å². The number of halogens is 2. The number of fused-ring (bicyclic) bond motifs is 1. The summed E-state index contributed by atoms with van der Waals surface area (Å²) in [5, 5.41) is 7.68. The molecule has 120 valence electrons. The molecule has 6 nitrogen and oxygen atoms in total. The van der Waals surface area contributed by atoms with Crippen molar-refractivity contribution < 1.29 is 18.3 Å². The number of hydrogen-bond donors (Lipinski definition) is 0. The second kappa shape index (κ2) is 5.29. The highest BCUT2D eigenvalue weighted by molar-refractivity contribution is 5.97. The fourth-order valence-corrected chi connectivity index (χ4v) is 3.12. The molecule has 0 unspecified atom stereocenters. The molecule has 0 bridgehead atoms. The zero-order chi connectivity index (χ0) is 16.0. The lowest BCUT2D eigenvalue weighted by atomic mass is 9.79. The van der Waals surface area contributed by atoms with Crippen molar-refractivity contribution in [2.24, 2.45) is 5.92 Å². The molecule has 0 saturated heterocycles. The SMILES string of the molecule is O=C(C1CC(n2ccnn2)C1)N1CCOc2c(F)cc(F)cc21. The van der Waals surface area contributed by atoms with Crippen LogP contribution in [-0.4, -0.2) is 34.1 Å². The van der Waals surface area contributed by atoms with Crippen molar-refractivity contribution in [3.05, 3.63) is 36.2 Å². The van der Waals surface area contributed by atoms with E-state index in [1.807, 2.05) is 0 Å². The van der Waals surface area contributed by atoms with Gasteiger partial charge in [0.25, 0.3) is 0 Å². The largest absolute Gasteiger partial charge is 0.486 e. The molecule has 4 rings (SSSR count).